The van der Waals surface area contributed by atoms with Crippen molar-refractivity contribution in [2.24, 2.45) is 0 Å². The molecule has 7 nitrogen and oxygen atoms in total. The van der Waals surface area contributed by atoms with Gasteiger partial charge in [-0.15, -0.1) is 24.8 Å². The van der Waals surface area contributed by atoms with E-state index >= 15 is 0 Å². The monoisotopic (exact) mass is 435 g/mol. The van der Waals surface area contributed by atoms with E-state index in [0.29, 0.717) is 36.8 Å². The molecule has 9 heteroatoms. The van der Waals surface area contributed by atoms with Crippen molar-refractivity contribution in [1.29, 1.82) is 0 Å². The number of rotatable bonds is 6. The van der Waals surface area contributed by atoms with Crippen LogP contribution in [0.25, 0.3) is 11.5 Å². The third-order valence-corrected chi connectivity index (χ3v) is 4.65. The van der Waals surface area contributed by atoms with Gasteiger partial charge in [-0.3, -0.25) is 9.78 Å². The number of carbonyl (C=O) groups excluding carboxylic acids is 1. The molecule has 1 unspecified atom stereocenters. The minimum Gasteiger partial charge on any atom is -0.354 e. The van der Waals surface area contributed by atoms with Gasteiger partial charge in [-0.2, -0.15) is 4.98 Å². The highest BCUT2D eigenvalue weighted by atomic mass is 35.5. The van der Waals surface area contributed by atoms with Gasteiger partial charge in [0.15, 0.2) is 0 Å². The molecule has 0 spiro atoms. The van der Waals surface area contributed by atoms with E-state index < -0.39 is 0 Å². The first-order valence-corrected chi connectivity index (χ1v) is 9.11. The predicted molar refractivity (Wildman–Crippen MR) is 114 cm³/mol. The molecule has 3 heterocycles. The van der Waals surface area contributed by atoms with Crippen molar-refractivity contribution in [3.05, 3.63) is 65.7 Å². The molecular formula is C20H23Cl2N5O2. The highest BCUT2D eigenvalue weighted by Crippen LogP contribution is 2.21. The van der Waals surface area contributed by atoms with Crippen LogP contribution < -0.4 is 10.6 Å². The SMILES string of the molecule is Cl.Cl.O=C(CCc1nc(-c2ccccn2)no1)NCC1NCCc2ccccc21. The highest BCUT2D eigenvalue weighted by molar-refractivity contribution is 5.85. The molecule has 1 amide bonds. The summed E-state index contributed by atoms with van der Waals surface area (Å²) >= 11 is 0. The molecule has 0 fully saturated rings. The normalized spacial score (nSPS) is 14.8. The van der Waals surface area contributed by atoms with Gasteiger partial charge in [0.25, 0.3) is 0 Å². The summed E-state index contributed by atoms with van der Waals surface area (Å²) in [7, 11) is 0. The lowest BCUT2D eigenvalue weighted by molar-refractivity contribution is -0.121. The first-order valence-electron chi connectivity index (χ1n) is 9.11. The number of benzene rings is 1. The summed E-state index contributed by atoms with van der Waals surface area (Å²) in [5, 5.41) is 10.4. The Morgan fingerprint density at radius 2 is 2.00 bits per heavy atom. The minimum atomic E-state index is -0.0301. The molecule has 0 saturated carbocycles. The molecule has 4 rings (SSSR count). The maximum absolute atomic E-state index is 12.2. The molecule has 154 valence electrons. The van der Waals surface area contributed by atoms with E-state index in [4.69, 9.17) is 4.52 Å². The number of pyridine rings is 1. The van der Waals surface area contributed by atoms with Crippen molar-refractivity contribution in [3.8, 4) is 11.5 Å². The molecule has 0 bridgehead atoms. The van der Waals surface area contributed by atoms with Crippen molar-refractivity contribution in [2.75, 3.05) is 13.1 Å². The van der Waals surface area contributed by atoms with Gasteiger partial charge >= 0.3 is 0 Å². The maximum atomic E-state index is 12.2. The quantitative estimate of drug-likeness (QED) is 0.618. The summed E-state index contributed by atoms with van der Waals surface area (Å²) in [6.45, 7) is 1.49. The van der Waals surface area contributed by atoms with Gasteiger partial charge in [0.05, 0.1) is 0 Å². The lowest BCUT2D eigenvalue weighted by Crippen LogP contribution is -2.38. The summed E-state index contributed by atoms with van der Waals surface area (Å²) in [5.74, 6) is 0.846. The number of nitrogens with one attached hydrogen (secondary N) is 2. The molecule has 1 aliphatic heterocycles. The molecule has 1 atom stereocenters. The standard InChI is InChI=1S/C20H21N5O2.2ClH/c26-18(23-13-17-15-6-2-1-5-14(15)10-12-22-17)8-9-19-24-20(25-27-19)16-7-3-4-11-21-16;;/h1-7,11,17,22H,8-10,12-13H2,(H,23,26);2*1H. The number of carbonyl (C=O) groups is 1. The third kappa shape index (κ3) is 5.76. The molecule has 1 aliphatic rings. The van der Waals surface area contributed by atoms with Gasteiger partial charge < -0.3 is 15.2 Å². The fourth-order valence-corrected chi connectivity index (χ4v) is 3.26. The molecule has 29 heavy (non-hydrogen) atoms. The van der Waals surface area contributed by atoms with Crippen LogP contribution in [0.5, 0.6) is 0 Å². The first kappa shape index (κ1) is 22.8. The molecule has 0 saturated heterocycles. The number of aryl methyl sites for hydroxylation is 1. The van der Waals surface area contributed by atoms with Gasteiger partial charge in [-0.25, -0.2) is 0 Å². The zero-order chi connectivity index (χ0) is 18.5. The van der Waals surface area contributed by atoms with Gasteiger partial charge in [-0.1, -0.05) is 35.5 Å². The Hall–Kier alpha value is -2.48. The van der Waals surface area contributed by atoms with Gasteiger partial charge in [0.1, 0.15) is 5.69 Å². The fraction of sp³-hybridized carbons (Fsp3) is 0.300. The highest BCUT2D eigenvalue weighted by Gasteiger charge is 2.19. The van der Waals surface area contributed by atoms with E-state index in [2.05, 4.69) is 44.0 Å². The molecule has 3 aromatic rings. The summed E-state index contributed by atoms with van der Waals surface area (Å²) < 4.78 is 5.22. The zero-order valence-electron chi connectivity index (χ0n) is 15.7. The summed E-state index contributed by atoms with van der Waals surface area (Å²) in [6.07, 6.45) is 3.41. The molecular weight excluding hydrogens is 413 g/mol. The number of hydrogen-bond donors (Lipinski definition) is 2. The van der Waals surface area contributed by atoms with Gasteiger partial charge in [-0.05, 0) is 36.2 Å². The molecule has 2 aromatic heterocycles. The van der Waals surface area contributed by atoms with Crippen molar-refractivity contribution in [3.63, 3.8) is 0 Å². The summed E-state index contributed by atoms with van der Waals surface area (Å²) in [4.78, 5) is 20.7. The van der Waals surface area contributed by atoms with Crippen LogP contribution >= 0.6 is 24.8 Å². The van der Waals surface area contributed by atoms with Crippen LogP contribution in [0.3, 0.4) is 0 Å². The van der Waals surface area contributed by atoms with Gasteiger partial charge in [0.2, 0.25) is 17.6 Å². The second kappa shape index (κ2) is 10.9. The van der Waals surface area contributed by atoms with E-state index in [1.165, 1.54) is 11.1 Å². The predicted octanol–water partition coefficient (Wildman–Crippen LogP) is 2.91. The number of fused-ring (bicyclic) bond motifs is 1. The van der Waals surface area contributed by atoms with Crippen molar-refractivity contribution in [2.45, 2.75) is 25.3 Å². The number of amides is 1. The molecule has 0 aliphatic carbocycles. The van der Waals surface area contributed by atoms with Crippen LogP contribution in [-0.2, 0) is 17.6 Å². The zero-order valence-corrected chi connectivity index (χ0v) is 17.3. The van der Waals surface area contributed by atoms with Crippen LogP contribution in [-0.4, -0.2) is 34.1 Å². The topological polar surface area (TPSA) is 92.9 Å². The van der Waals surface area contributed by atoms with Crippen LogP contribution in [0.4, 0.5) is 0 Å². The van der Waals surface area contributed by atoms with E-state index in [1.54, 1.807) is 6.20 Å². The smallest absolute Gasteiger partial charge is 0.227 e. The Bertz CT molecular complexity index is 920. The first-order chi connectivity index (χ1) is 13.3. The van der Waals surface area contributed by atoms with Crippen LogP contribution in [0, 0.1) is 0 Å². The Kier molecular flexibility index (Phi) is 8.57. The molecule has 1 aromatic carbocycles. The van der Waals surface area contributed by atoms with Gasteiger partial charge in [0, 0.05) is 31.6 Å². The van der Waals surface area contributed by atoms with E-state index in [9.17, 15) is 4.79 Å². The lowest BCUT2D eigenvalue weighted by atomic mass is 9.94. The second-order valence-electron chi connectivity index (χ2n) is 6.49. The van der Waals surface area contributed by atoms with Crippen LogP contribution in [0.2, 0.25) is 0 Å². The van der Waals surface area contributed by atoms with Crippen molar-refractivity contribution >= 4 is 30.7 Å². The van der Waals surface area contributed by atoms with Crippen molar-refractivity contribution < 1.29 is 9.32 Å². The Morgan fingerprint density at radius 3 is 2.83 bits per heavy atom. The number of aromatic nitrogens is 3. The van der Waals surface area contributed by atoms with Crippen molar-refractivity contribution in [1.82, 2.24) is 25.8 Å². The van der Waals surface area contributed by atoms with E-state index in [-0.39, 0.29) is 36.8 Å². The average molecular weight is 436 g/mol. The van der Waals surface area contributed by atoms with Crippen LogP contribution in [0.15, 0.2) is 53.2 Å². The third-order valence-electron chi connectivity index (χ3n) is 4.65. The fourth-order valence-electron chi connectivity index (χ4n) is 3.26. The largest absolute Gasteiger partial charge is 0.354 e. The summed E-state index contributed by atoms with van der Waals surface area (Å²) in [5.41, 5.74) is 3.27. The Labute approximate surface area is 181 Å². The molecule has 2 N–H and O–H groups in total. The average Bonchev–Trinajstić information content (AvgIpc) is 3.20. The molecule has 0 radical (unpaired) electrons. The van der Waals surface area contributed by atoms with Crippen LogP contribution in [0.1, 0.15) is 29.5 Å². The maximum Gasteiger partial charge on any atom is 0.227 e. The summed E-state index contributed by atoms with van der Waals surface area (Å²) in [6, 6.07) is 14.0. The number of halogens is 2. The Morgan fingerprint density at radius 1 is 1.17 bits per heavy atom. The second-order valence-corrected chi connectivity index (χ2v) is 6.49. The van der Waals surface area contributed by atoms with E-state index in [0.717, 1.165) is 13.0 Å². The minimum absolute atomic E-state index is 0. The number of nitrogens with zero attached hydrogens (tertiary/aromatic N) is 3. The number of hydrogen-bond acceptors (Lipinski definition) is 6. The lowest BCUT2D eigenvalue weighted by Gasteiger charge is -2.27. The van der Waals surface area contributed by atoms with E-state index in [1.807, 2.05) is 24.3 Å². The Balaban J connectivity index is 0.00000150.